The first-order chi connectivity index (χ1) is 15.5. The molecule has 4 rings (SSSR count). The van der Waals surface area contributed by atoms with Gasteiger partial charge in [0, 0.05) is 31.7 Å². The van der Waals surface area contributed by atoms with Gasteiger partial charge >= 0.3 is 0 Å². The Hall–Kier alpha value is -2.41. The molecule has 3 N–H and O–H groups in total. The molecule has 0 saturated heterocycles. The normalized spacial score (nSPS) is 21.2. The lowest BCUT2D eigenvalue weighted by Crippen LogP contribution is -2.45. The van der Waals surface area contributed by atoms with E-state index in [0.29, 0.717) is 12.1 Å². The number of rotatable bonds is 6. The molecule has 6 nitrogen and oxygen atoms in total. The molecule has 1 atom stereocenters. The van der Waals surface area contributed by atoms with Crippen molar-refractivity contribution in [2.45, 2.75) is 76.4 Å². The van der Waals surface area contributed by atoms with E-state index in [4.69, 9.17) is 22.2 Å². The first-order valence-electron chi connectivity index (χ1n) is 11.9. The Morgan fingerprint density at radius 2 is 1.69 bits per heavy atom. The molecule has 1 fully saturated rings. The van der Waals surface area contributed by atoms with Crippen molar-refractivity contribution >= 4 is 29.1 Å². The van der Waals surface area contributed by atoms with Crippen molar-refractivity contribution in [3.63, 3.8) is 0 Å². The Morgan fingerprint density at radius 3 is 2.41 bits per heavy atom. The molecule has 0 aliphatic heterocycles. The number of aromatic nitrogens is 2. The third-order valence-electron chi connectivity index (χ3n) is 6.63. The summed E-state index contributed by atoms with van der Waals surface area (Å²) in [4.78, 5) is 11.9. The maximum atomic E-state index is 5.58. The molecular formula is C25H36N6S. The van der Waals surface area contributed by atoms with E-state index >= 15 is 0 Å². The first-order valence-corrected chi connectivity index (χ1v) is 12.4. The molecule has 1 aromatic heterocycles. The van der Waals surface area contributed by atoms with E-state index in [2.05, 4.69) is 66.1 Å². The summed E-state index contributed by atoms with van der Waals surface area (Å²) < 4.78 is 0. The summed E-state index contributed by atoms with van der Waals surface area (Å²) in [5, 5.41) is 11.3. The van der Waals surface area contributed by atoms with Gasteiger partial charge in [-0.25, -0.2) is 4.98 Å². The summed E-state index contributed by atoms with van der Waals surface area (Å²) in [6.07, 6.45) is 8.98. The van der Waals surface area contributed by atoms with Crippen molar-refractivity contribution in [3.8, 4) is 0 Å². The van der Waals surface area contributed by atoms with Crippen LogP contribution in [-0.2, 0) is 12.8 Å². The molecule has 0 bridgehead atoms. The van der Waals surface area contributed by atoms with Gasteiger partial charge in [0.2, 0.25) is 5.95 Å². The quantitative estimate of drug-likeness (QED) is 0.563. The summed E-state index contributed by atoms with van der Waals surface area (Å²) in [6, 6.07) is 11.4. The van der Waals surface area contributed by atoms with Crippen LogP contribution in [0.1, 0.15) is 68.3 Å². The Balaban J connectivity index is 1.28. The van der Waals surface area contributed by atoms with Gasteiger partial charge in [-0.2, -0.15) is 4.98 Å². The first kappa shape index (κ1) is 22.8. The molecule has 0 radical (unpaired) electrons. The Labute approximate surface area is 197 Å². The number of hydrogen-bond acceptors (Lipinski definition) is 5. The molecule has 1 saturated carbocycles. The van der Waals surface area contributed by atoms with E-state index in [1.165, 1.54) is 29.7 Å². The molecule has 0 unspecified atom stereocenters. The molecule has 1 heterocycles. The topological polar surface area (TPSA) is 65.1 Å². The fourth-order valence-corrected chi connectivity index (χ4v) is 5.17. The maximum absolute atomic E-state index is 5.58. The van der Waals surface area contributed by atoms with E-state index in [1.807, 2.05) is 6.07 Å². The average Bonchev–Trinajstić information content (AvgIpc) is 2.80. The van der Waals surface area contributed by atoms with Crippen LogP contribution in [0.3, 0.4) is 0 Å². The van der Waals surface area contributed by atoms with E-state index in [1.54, 1.807) is 0 Å². The van der Waals surface area contributed by atoms with Gasteiger partial charge in [0.15, 0.2) is 5.11 Å². The fraction of sp³-hybridized carbons (Fsp3) is 0.560. The zero-order valence-corrected chi connectivity index (χ0v) is 20.3. The van der Waals surface area contributed by atoms with Crippen molar-refractivity contribution in [1.29, 1.82) is 0 Å². The van der Waals surface area contributed by atoms with Gasteiger partial charge < -0.3 is 20.9 Å². The van der Waals surface area contributed by atoms with Crippen LogP contribution in [0, 0.1) is 0 Å². The summed E-state index contributed by atoms with van der Waals surface area (Å²) >= 11 is 5.58. The van der Waals surface area contributed by atoms with Crippen LogP contribution in [0.4, 0.5) is 11.8 Å². The molecule has 0 spiro atoms. The van der Waals surface area contributed by atoms with E-state index in [-0.39, 0.29) is 6.04 Å². The molecule has 1 aromatic carbocycles. The Morgan fingerprint density at radius 1 is 1.00 bits per heavy atom. The van der Waals surface area contributed by atoms with Crippen LogP contribution >= 0.6 is 12.2 Å². The van der Waals surface area contributed by atoms with Gasteiger partial charge in [0.1, 0.15) is 5.82 Å². The van der Waals surface area contributed by atoms with Crippen LogP contribution in [0.15, 0.2) is 30.3 Å². The summed E-state index contributed by atoms with van der Waals surface area (Å²) in [7, 11) is 4.15. The van der Waals surface area contributed by atoms with E-state index in [9.17, 15) is 0 Å². The number of aryl methyl sites for hydroxylation is 1. The minimum atomic E-state index is 0.196. The highest BCUT2D eigenvalue weighted by atomic mass is 32.1. The number of benzene rings is 1. The molecular weight excluding hydrogens is 416 g/mol. The van der Waals surface area contributed by atoms with Gasteiger partial charge in [0.05, 0.1) is 11.7 Å². The number of nitrogens with one attached hydrogen (secondary N) is 3. The maximum Gasteiger partial charge on any atom is 0.225 e. The molecule has 2 aliphatic carbocycles. The zero-order chi connectivity index (χ0) is 22.5. The smallest absolute Gasteiger partial charge is 0.225 e. The lowest BCUT2D eigenvalue weighted by atomic mass is 9.91. The van der Waals surface area contributed by atoms with Crippen LogP contribution in [0.2, 0.25) is 0 Å². The van der Waals surface area contributed by atoms with Crippen molar-refractivity contribution in [3.05, 3.63) is 47.2 Å². The van der Waals surface area contributed by atoms with Crippen LogP contribution in [0.25, 0.3) is 0 Å². The monoisotopic (exact) mass is 452 g/mol. The zero-order valence-electron chi connectivity index (χ0n) is 19.5. The highest BCUT2D eigenvalue weighted by Gasteiger charge is 2.24. The fourth-order valence-electron chi connectivity index (χ4n) is 4.82. The van der Waals surface area contributed by atoms with Gasteiger partial charge in [-0.1, -0.05) is 30.3 Å². The predicted octanol–water partition coefficient (Wildman–Crippen LogP) is 4.37. The summed E-state index contributed by atoms with van der Waals surface area (Å²) in [5.41, 5.74) is 3.81. The number of thiocarbonyl (C=S) groups is 1. The lowest BCUT2D eigenvalue weighted by Gasteiger charge is -2.31. The van der Waals surface area contributed by atoms with Gasteiger partial charge in [-0.15, -0.1) is 0 Å². The third-order valence-corrected chi connectivity index (χ3v) is 6.86. The second-order valence-electron chi connectivity index (χ2n) is 9.34. The van der Waals surface area contributed by atoms with Crippen LogP contribution in [0.5, 0.6) is 0 Å². The average molecular weight is 453 g/mol. The van der Waals surface area contributed by atoms with Crippen molar-refractivity contribution < 1.29 is 0 Å². The molecule has 0 amide bonds. The molecule has 172 valence electrons. The molecule has 7 heteroatoms. The van der Waals surface area contributed by atoms with Crippen molar-refractivity contribution in [2.24, 2.45) is 0 Å². The van der Waals surface area contributed by atoms with Crippen molar-refractivity contribution in [2.75, 3.05) is 24.3 Å². The molecule has 32 heavy (non-hydrogen) atoms. The largest absolute Gasteiger partial charge is 0.362 e. The van der Waals surface area contributed by atoms with Crippen LogP contribution in [-0.4, -0.2) is 41.3 Å². The number of anilines is 2. The minimum Gasteiger partial charge on any atom is -0.362 e. The summed E-state index contributed by atoms with van der Waals surface area (Å²) in [6.45, 7) is 2.14. The van der Waals surface area contributed by atoms with E-state index < -0.39 is 0 Å². The van der Waals surface area contributed by atoms with Gasteiger partial charge in [-0.3, -0.25) is 0 Å². The second kappa shape index (κ2) is 10.5. The highest BCUT2D eigenvalue weighted by molar-refractivity contribution is 7.80. The third kappa shape index (κ3) is 5.68. The number of fused-ring (bicyclic) bond motifs is 1. The Kier molecular flexibility index (Phi) is 7.45. The predicted molar refractivity (Wildman–Crippen MR) is 136 cm³/mol. The SMILES string of the molecule is C[C@@H](NC(=S)NC1CCC(Nc2nc3c(c(N(C)C)n2)CCCC3)CC1)c1ccccc1. The highest BCUT2D eigenvalue weighted by Crippen LogP contribution is 2.29. The Bertz CT molecular complexity index is 908. The lowest BCUT2D eigenvalue weighted by molar-refractivity contribution is 0.384. The van der Waals surface area contributed by atoms with E-state index in [0.717, 1.165) is 55.4 Å². The number of nitrogens with zero attached hydrogens (tertiary/aromatic N) is 3. The van der Waals surface area contributed by atoms with Crippen molar-refractivity contribution in [1.82, 2.24) is 20.6 Å². The molecule has 2 aliphatic rings. The van der Waals surface area contributed by atoms with Crippen LogP contribution < -0.4 is 20.9 Å². The second-order valence-corrected chi connectivity index (χ2v) is 9.75. The minimum absolute atomic E-state index is 0.196. The van der Waals surface area contributed by atoms with Gasteiger partial charge in [-0.05, 0) is 76.1 Å². The standard InChI is InChI=1S/C25H36N6S/c1-17(18-9-5-4-6-10-18)26-25(32)28-20-15-13-19(14-16-20)27-24-29-22-12-8-7-11-21(22)23(30-24)31(2)3/h4-6,9-10,17,19-20H,7-8,11-16H2,1-3H3,(H2,26,28,32)(H,27,29,30)/t17-,19?,20?/m1/s1. The number of hydrogen-bond donors (Lipinski definition) is 3. The summed E-state index contributed by atoms with van der Waals surface area (Å²) in [5.74, 6) is 1.87. The van der Waals surface area contributed by atoms with Gasteiger partial charge in [0.25, 0.3) is 0 Å². The molecule has 2 aromatic rings.